The molecule has 0 amide bonds. The number of hydrogen-bond acceptors (Lipinski definition) is 2. The maximum Gasteiger partial charge on any atom is 0.416 e. The summed E-state index contributed by atoms with van der Waals surface area (Å²) in [6.07, 6.45) is 0.679. The number of alkyl halides is 3. The smallest absolute Gasteiger partial charge is 0.271 e. The zero-order valence-electron chi connectivity index (χ0n) is 11.6. The van der Waals surface area contributed by atoms with Crippen LogP contribution in [0.3, 0.4) is 0 Å². The van der Waals surface area contributed by atoms with Crippen molar-refractivity contribution in [2.75, 3.05) is 0 Å². The second-order valence-corrected chi connectivity index (χ2v) is 5.90. The lowest BCUT2D eigenvalue weighted by Crippen LogP contribution is -2.42. The highest BCUT2D eigenvalue weighted by atomic mass is 19.4. The van der Waals surface area contributed by atoms with Gasteiger partial charge in [-0.25, -0.2) is 0 Å². The molecule has 1 unspecified atom stereocenters. The Hall–Kier alpha value is -1.07. The largest absolute Gasteiger partial charge is 0.416 e. The van der Waals surface area contributed by atoms with Gasteiger partial charge in [-0.15, -0.1) is 0 Å². The van der Waals surface area contributed by atoms with E-state index in [4.69, 9.17) is 5.84 Å². The molecule has 20 heavy (non-hydrogen) atoms. The second-order valence-electron chi connectivity index (χ2n) is 5.90. The second kappa shape index (κ2) is 5.74. The van der Waals surface area contributed by atoms with E-state index in [0.29, 0.717) is 0 Å². The Morgan fingerprint density at radius 3 is 2.30 bits per heavy atom. The normalized spacial score (nSPS) is 20.6. The van der Waals surface area contributed by atoms with Crippen LogP contribution in [0.25, 0.3) is 0 Å². The van der Waals surface area contributed by atoms with Gasteiger partial charge in [0.1, 0.15) is 0 Å². The van der Waals surface area contributed by atoms with Crippen molar-refractivity contribution in [2.24, 2.45) is 11.3 Å². The maximum absolute atomic E-state index is 13.2. The Morgan fingerprint density at radius 2 is 1.75 bits per heavy atom. The molecule has 1 saturated carbocycles. The van der Waals surface area contributed by atoms with Gasteiger partial charge in [0.25, 0.3) is 0 Å². The predicted molar refractivity (Wildman–Crippen MR) is 72.7 cm³/mol. The third kappa shape index (κ3) is 2.99. The molecule has 2 nitrogen and oxygen atoms in total. The summed E-state index contributed by atoms with van der Waals surface area (Å²) in [6.45, 7) is 2.03. The first kappa shape index (κ1) is 15.3. The van der Waals surface area contributed by atoms with Crippen LogP contribution in [0.5, 0.6) is 0 Å². The standard InChI is InChI=1S/C15H21F3N2/c1-14(9-5-2-6-10-14)13(20-19)11-7-3-4-8-12(11)15(16,17)18/h3-4,7-8,13,20H,2,5-6,9-10,19H2,1H3. The Balaban J connectivity index is 2.42. The summed E-state index contributed by atoms with van der Waals surface area (Å²) in [7, 11) is 0. The van der Waals surface area contributed by atoms with Crippen LogP contribution >= 0.6 is 0 Å². The molecule has 3 N–H and O–H groups in total. The summed E-state index contributed by atoms with van der Waals surface area (Å²) < 4.78 is 39.5. The first-order chi connectivity index (χ1) is 9.38. The Bertz CT molecular complexity index is 451. The average molecular weight is 286 g/mol. The molecule has 112 valence electrons. The highest BCUT2D eigenvalue weighted by Gasteiger charge is 2.41. The van der Waals surface area contributed by atoms with E-state index >= 15 is 0 Å². The summed E-state index contributed by atoms with van der Waals surface area (Å²) in [5.41, 5.74) is 2.08. The third-order valence-electron chi connectivity index (χ3n) is 4.44. The molecule has 0 radical (unpaired) electrons. The third-order valence-corrected chi connectivity index (χ3v) is 4.44. The molecule has 0 aromatic heterocycles. The average Bonchev–Trinajstić information content (AvgIpc) is 2.39. The molecule has 1 fully saturated rings. The molecular weight excluding hydrogens is 265 g/mol. The molecule has 1 atom stereocenters. The lowest BCUT2D eigenvalue weighted by atomic mass is 9.68. The number of halogens is 3. The van der Waals surface area contributed by atoms with Gasteiger partial charge in [-0.1, -0.05) is 44.4 Å². The van der Waals surface area contributed by atoms with E-state index in [-0.39, 0.29) is 11.0 Å². The molecule has 0 heterocycles. The van der Waals surface area contributed by atoms with Gasteiger partial charge in [0.05, 0.1) is 11.6 Å². The van der Waals surface area contributed by atoms with Crippen LogP contribution < -0.4 is 11.3 Å². The molecule has 0 bridgehead atoms. The monoisotopic (exact) mass is 286 g/mol. The van der Waals surface area contributed by atoms with Crippen molar-refractivity contribution in [2.45, 2.75) is 51.2 Å². The van der Waals surface area contributed by atoms with Gasteiger partial charge in [0.15, 0.2) is 0 Å². The number of nitrogens with two attached hydrogens (primary N) is 1. The molecule has 1 aliphatic carbocycles. The fourth-order valence-electron chi connectivity index (χ4n) is 3.32. The predicted octanol–water partition coefficient (Wildman–Crippen LogP) is 4.18. The summed E-state index contributed by atoms with van der Waals surface area (Å²) in [5, 5.41) is 0. The van der Waals surface area contributed by atoms with Gasteiger partial charge in [-0.2, -0.15) is 13.2 Å². The molecule has 2 rings (SSSR count). The zero-order chi connectivity index (χ0) is 14.8. The molecule has 0 spiro atoms. The summed E-state index contributed by atoms with van der Waals surface area (Å²) in [6, 6.07) is 5.25. The van der Waals surface area contributed by atoms with E-state index in [1.165, 1.54) is 12.1 Å². The molecule has 0 aliphatic heterocycles. The minimum atomic E-state index is -4.35. The number of nitrogens with one attached hydrogen (secondary N) is 1. The van der Waals surface area contributed by atoms with Gasteiger partial charge in [0.2, 0.25) is 0 Å². The first-order valence-corrected chi connectivity index (χ1v) is 7.01. The van der Waals surface area contributed by atoms with Crippen molar-refractivity contribution in [1.82, 2.24) is 5.43 Å². The Labute approximate surface area is 117 Å². The van der Waals surface area contributed by atoms with Gasteiger partial charge in [0, 0.05) is 0 Å². The lowest BCUT2D eigenvalue weighted by Gasteiger charge is -2.41. The van der Waals surface area contributed by atoms with Gasteiger partial charge >= 0.3 is 6.18 Å². The maximum atomic E-state index is 13.2. The first-order valence-electron chi connectivity index (χ1n) is 7.01. The summed E-state index contributed by atoms with van der Waals surface area (Å²) >= 11 is 0. The Kier molecular flexibility index (Phi) is 4.39. The van der Waals surface area contributed by atoms with Crippen molar-refractivity contribution in [1.29, 1.82) is 0 Å². The number of rotatable bonds is 3. The quantitative estimate of drug-likeness (QED) is 0.646. The minimum absolute atomic E-state index is 0.228. The minimum Gasteiger partial charge on any atom is -0.271 e. The van der Waals surface area contributed by atoms with Crippen LogP contribution in [-0.2, 0) is 6.18 Å². The molecule has 1 aliphatic rings. The Morgan fingerprint density at radius 1 is 1.15 bits per heavy atom. The number of benzene rings is 1. The van der Waals surface area contributed by atoms with Crippen molar-refractivity contribution >= 4 is 0 Å². The molecular formula is C15H21F3N2. The number of hydrazine groups is 1. The SMILES string of the molecule is CC1(C(NN)c2ccccc2C(F)(F)F)CCCCC1. The van der Waals surface area contributed by atoms with Crippen LogP contribution in [0.4, 0.5) is 13.2 Å². The van der Waals surface area contributed by atoms with Gasteiger partial charge in [-0.05, 0) is 29.9 Å². The molecule has 0 saturated heterocycles. The van der Waals surface area contributed by atoms with E-state index in [1.807, 2.05) is 6.92 Å². The zero-order valence-corrected chi connectivity index (χ0v) is 11.6. The van der Waals surface area contributed by atoms with E-state index in [9.17, 15) is 13.2 Å². The number of hydrogen-bond donors (Lipinski definition) is 2. The fourth-order valence-corrected chi connectivity index (χ4v) is 3.32. The van der Waals surface area contributed by atoms with Gasteiger partial charge in [-0.3, -0.25) is 11.3 Å². The summed E-state index contributed by atoms with van der Waals surface area (Å²) in [5.74, 6) is 5.62. The highest BCUT2D eigenvalue weighted by molar-refractivity contribution is 5.33. The highest BCUT2D eigenvalue weighted by Crippen LogP contribution is 2.47. The van der Waals surface area contributed by atoms with Crippen LogP contribution in [0, 0.1) is 5.41 Å². The van der Waals surface area contributed by atoms with Crippen molar-refractivity contribution < 1.29 is 13.2 Å². The van der Waals surface area contributed by atoms with Crippen molar-refractivity contribution in [3.8, 4) is 0 Å². The molecule has 1 aromatic rings. The van der Waals surface area contributed by atoms with E-state index in [1.54, 1.807) is 6.07 Å². The van der Waals surface area contributed by atoms with E-state index < -0.39 is 17.8 Å². The fraction of sp³-hybridized carbons (Fsp3) is 0.600. The van der Waals surface area contributed by atoms with E-state index in [0.717, 1.165) is 38.2 Å². The van der Waals surface area contributed by atoms with Crippen LogP contribution in [0.15, 0.2) is 24.3 Å². The van der Waals surface area contributed by atoms with Crippen LogP contribution in [0.2, 0.25) is 0 Å². The molecule has 1 aromatic carbocycles. The van der Waals surface area contributed by atoms with Crippen molar-refractivity contribution in [3.05, 3.63) is 35.4 Å². The van der Waals surface area contributed by atoms with E-state index in [2.05, 4.69) is 5.43 Å². The topological polar surface area (TPSA) is 38.0 Å². The van der Waals surface area contributed by atoms with Gasteiger partial charge < -0.3 is 0 Å². The summed E-state index contributed by atoms with van der Waals surface area (Å²) in [4.78, 5) is 0. The molecule has 5 heteroatoms. The van der Waals surface area contributed by atoms with Crippen LogP contribution in [-0.4, -0.2) is 0 Å². The van der Waals surface area contributed by atoms with Crippen LogP contribution in [0.1, 0.15) is 56.2 Å². The van der Waals surface area contributed by atoms with Crippen molar-refractivity contribution in [3.63, 3.8) is 0 Å². The lowest BCUT2D eigenvalue weighted by molar-refractivity contribution is -0.138.